The molecule has 0 radical (unpaired) electrons. The van der Waals surface area contributed by atoms with Crippen LogP contribution in [0.2, 0.25) is 0 Å². The zero-order chi connectivity index (χ0) is 20.9. The van der Waals surface area contributed by atoms with E-state index in [1.165, 1.54) is 33.3 Å². The Balaban J connectivity index is 2.05. The average molecular weight is 397 g/mol. The van der Waals surface area contributed by atoms with Crippen molar-refractivity contribution < 1.29 is 37.0 Å². The third kappa shape index (κ3) is 5.15. The van der Waals surface area contributed by atoms with Gasteiger partial charge in [-0.1, -0.05) is 0 Å². The predicted octanol–water partition coefficient (Wildman–Crippen LogP) is 3.91. The molecular weight excluding hydrogens is 379 g/mol. The summed E-state index contributed by atoms with van der Waals surface area (Å²) in [6.45, 7) is 1.34. The van der Waals surface area contributed by atoms with Crippen LogP contribution < -0.4 is 14.8 Å². The molecule has 1 N–H and O–H groups in total. The fourth-order valence-electron chi connectivity index (χ4n) is 2.24. The standard InChI is InChI=1S/C19H18F3NO5/c1-11(17(24)23-13-6-4-12(5-7-13)19(20,21)22)28-18(25)15-10-14(26-2)8-9-16(15)27-3/h4-11H,1-3H3,(H,23,24)/t11-/m0/s1. The molecule has 1 amide bonds. The fraction of sp³-hybridized carbons (Fsp3) is 0.263. The second-order valence-electron chi connectivity index (χ2n) is 5.68. The molecule has 0 saturated heterocycles. The number of hydrogen-bond acceptors (Lipinski definition) is 5. The highest BCUT2D eigenvalue weighted by atomic mass is 19.4. The van der Waals surface area contributed by atoms with Crippen molar-refractivity contribution in [3.8, 4) is 11.5 Å². The van der Waals surface area contributed by atoms with Crippen molar-refractivity contribution in [2.24, 2.45) is 0 Å². The molecule has 28 heavy (non-hydrogen) atoms. The minimum atomic E-state index is -4.47. The molecule has 9 heteroatoms. The molecule has 0 aliphatic carbocycles. The number of rotatable bonds is 6. The third-order valence-corrected chi connectivity index (χ3v) is 3.76. The summed E-state index contributed by atoms with van der Waals surface area (Å²) in [6, 6.07) is 8.42. The van der Waals surface area contributed by atoms with Gasteiger partial charge in [-0.3, -0.25) is 4.79 Å². The van der Waals surface area contributed by atoms with E-state index in [-0.39, 0.29) is 17.0 Å². The summed E-state index contributed by atoms with van der Waals surface area (Å²) >= 11 is 0. The lowest BCUT2D eigenvalue weighted by Gasteiger charge is -2.15. The molecular formula is C19H18F3NO5. The highest BCUT2D eigenvalue weighted by Gasteiger charge is 2.30. The quantitative estimate of drug-likeness (QED) is 0.749. The Morgan fingerprint density at radius 1 is 1.00 bits per heavy atom. The largest absolute Gasteiger partial charge is 0.497 e. The van der Waals surface area contributed by atoms with Crippen molar-refractivity contribution in [3.05, 3.63) is 53.6 Å². The molecule has 0 aliphatic rings. The van der Waals surface area contributed by atoms with Crippen LogP contribution in [-0.2, 0) is 15.7 Å². The van der Waals surface area contributed by atoms with E-state index in [2.05, 4.69) is 5.32 Å². The Kier molecular flexibility index (Phi) is 6.50. The molecule has 6 nitrogen and oxygen atoms in total. The summed E-state index contributed by atoms with van der Waals surface area (Å²) in [6.07, 6.45) is -5.67. The smallest absolute Gasteiger partial charge is 0.416 e. The Bertz CT molecular complexity index is 850. The van der Waals surface area contributed by atoms with Crippen LogP contribution in [-0.4, -0.2) is 32.2 Å². The Hall–Kier alpha value is -3.23. The number of amides is 1. The van der Waals surface area contributed by atoms with E-state index in [1.54, 1.807) is 6.07 Å². The van der Waals surface area contributed by atoms with Crippen molar-refractivity contribution in [3.63, 3.8) is 0 Å². The van der Waals surface area contributed by atoms with Crippen molar-refractivity contribution in [2.45, 2.75) is 19.2 Å². The van der Waals surface area contributed by atoms with Gasteiger partial charge in [0.05, 0.1) is 19.8 Å². The number of carbonyl (C=O) groups is 2. The van der Waals surface area contributed by atoms with Gasteiger partial charge in [-0.2, -0.15) is 13.2 Å². The maximum atomic E-state index is 12.6. The Morgan fingerprint density at radius 3 is 2.18 bits per heavy atom. The second-order valence-corrected chi connectivity index (χ2v) is 5.68. The fourth-order valence-corrected chi connectivity index (χ4v) is 2.24. The number of alkyl halides is 3. The minimum absolute atomic E-state index is 0.0658. The molecule has 0 fully saturated rings. The highest BCUT2D eigenvalue weighted by molar-refractivity contribution is 5.98. The average Bonchev–Trinajstić information content (AvgIpc) is 2.66. The van der Waals surface area contributed by atoms with E-state index in [0.29, 0.717) is 5.75 Å². The molecule has 0 bridgehead atoms. The lowest BCUT2D eigenvalue weighted by Crippen LogP contribution is -2.30. The Morgan fingerprint density at radius 2 is 1.64 bits per heavy atom. The van der Waals surface area contributed by atoms with E-state index in [4.69, 9.17) is 14.2 Å². The number of methoxy groups -OCH3 is 2. The van der Waals surface area contributed by atoms with Gasteiger partial charge in [0.15, 0.2) is 6.10 Å². The molecule has 0 spiro atoms. The van der Waals surface area contributed by atoms with Crippen molar-refractivity contribution in [1.29, 1.82) is 0 Å². The first-order chi connectivity index (χ1) is 13.2. The third-order valence-electron chi connectivity index (χ3n) is 3.76. The summed E-state index contributed by atoms with van der Waals surface area (Å²) in [5.74, 6) is -0.878. The van der Waals surface area contributed by atoms with Crippen LogP contribution >= 0.6 is 0 Å². The number of nitrogens with one attached hydrogen (secondary N) is 1. The normalized spacial score (nSPS) is 12.1. The minimum Gasteiger partial charge on any atom is -0.497 e. The molecule has 0 unspecified atom stereocenters. The molecule has 1 atom stereocenters. The summed E-state index contributed by atoms with van der Waals surface area (Å²) in [4.78, 5) is 24.5. The van der Waals surface area contributed by atoms with Gasteiger partial charge >= 0.3 is 12.1 Å². The van der Waals surface area contributed by atoms with E-state index in [0.717, 1.165) is 24.3 Å². The monoisotopic (exact) mass is 397 g/mol. The van der Waals surface area contributed by atoms with Gasteiger partial charge < -0.3 is 19.5 Å². The molecule has 2 rings (SSSR count). The lowest BCUT2D eigenvalue weighted by molar-refractivity contribution is -0.137. The molecule has 150 valence electrons. The van der Waals surface area contributed by atoms with Gasteiger partial charge in [0, 0.05) is 5.69 Å². The van der Waals surface area contributed by atoms with E-state index < -0.39 is 29.7 Å². The van der Waals surface area contributed by atoms with Gasteiger partial charge in [0.2, 0.25) is 0 Å². The number of ether oxygens (including phenoxy) is 3. The first-order valence-corrected chi connectivity index (χ1v) is 8.07. The zero-order valence-corrected chi connectivity index (χ0v) is 15.3. The van der Waals surface area contributed by atoms with Crippen LogP contribution in [0.1, 0.15) is 22.8 Å². The summed E-state index contributed by atoms with van der Waals surface area (Å²) in [7, 11) is 2.80. The van der Waals surface area contributed by atoms with E-state index in [9.17, 15) is 22.8 Å². The number of esters is 1. The van der Waals surface area contributed by atoms with Crippen LogP contribution in [0.5, 0.6) is 11.5 Å². The lowest BCUT2D eigenvalue weighted by atomic mass is 10.2. The van der Waals surface area contributed by atoms with Crippen molar-refractivity contribution in [2.75, 3.05) is 19.5 Å². The topological polar surface area (TPSA) is 73.9 Å². The van der Waals surface area contributed by atoms with Gasteiger partial charge in [-0.15, -0.1) is 0 Å². The molecule has 0 aliphatic heterocycles. The highest BCUT2D eigenvalue weighted by Crippen LogP contribution is 2.30. The van der Waals surface area contributed by atoms with Crippen LogP contribution in [0.4, 0.5) is 18.9 Å². The van der Waals surface area contributed by atoms with Crippen molar-refractivity contribution >= 4 is 17.6 Å². The van der Waals surface area contributed by atoms with E-state index >= 15 is 0 Å². The number of carbonyl (C=O) groups excluding carboxylic acids is 2. The maximum absolute atomic E-state index is 12.6. The van der Waals surface area contributed by atoms with Crippen LogP contribution in [0, 0.1) is 0 Å². The first-order valence-electron chi connectivity index (χ1n) is 8.07. The molecule has 2 aromatic rings. The molecule has 0 heterocycles. The molecule has 2 aromatic carbocycles. The van der Waals surface area contributed by atoms with Gasteiger partial charge in [0.25, 0.3) is 5.91 Å². The van der Waals surface area contributed by atoms with Crippen LogP contribution in [0.15, 0.2) is 42.5 Å². The molecule has 0 saturated carbocycles. The zero-order valence-electron chi connectivity index (χ0n) is 15.3. The summed E-state index contributed by atoms with van der Waals surface area (Å²) < 4.78 is 53.0. The predicted molar refractivity (Wildman–Crippen MR) is 94.5 cm³/mol. The van der Waals surface area contributed by atoms with Crippen LogP contribution in [0.25, 0.3) is 0 Å². The number of anilines is 1. The molecule has 0 aromatic heterocycles. The summed E-state index contributed by atoms with van der Waals surface area (Å²) in [5, 5.41) is 2.39. The van der Waals surface area contributed by atoms with Crippen molar-refractivity contribution in [1.82, 2.24) is 0 Å². The number of benzene rings is 2. The summed E-state index contributed by atoms with van der Waals surface area (Å²) in [5.41, 5.74) is -0.633. The Labute approximate surface area is 159 Å². The maximum Gasteiger partial charge on any atom is 0.416 e. The van der Waals surface area contributed by atoms with Gasteiger partial charge in [-0.05, 0) is 49.4 Å². The number of halogens is 3. The van der Waals surface area contributed by atoms with Crippen LogP contribution in [0.3, 0.4) is 0 Å². The van der Waals surface area contributed by atoms with Gasteiger partial charge in [0.1, 0.15) is 17.1 Å². The SMILES string of the molecule is COc1ccc(OC)c(C(=O)O[C@@H](C)C(=O)Nc2ccc(C(F)(F)F)cc2)c1. The first kappa shape index (κ1) is 21.1. The van der Waals surface area contributed by atoms with Gasteiger partial charge in [-0.25, -0.2) is 4.79 Å². The second kappa shape index (κ2) is 8.64. The number of hydrogen-bond donors (Lipinski definition) is 1. The van der Waals surface area contributed by atoms with E-state index in [1.807, 2.05) is 0 Å².